The maximum atomic E-state index is 2.47. The molecule has 0 bridgehead atoms. The van der Waals surface area contributed by atoms with Crippen molar-refractivity contribution in [2.45, 2.75) is 32.1 Å². The highest BCUT2D eigenvalue weighted by atomic mass is 14.5. The fourth-order valence-electron chi connectivity index (χ4n) is 3.75. The average molecular weight is 174 g/mol. The van der Waals surface area contributed by atoms with E-state index in [0.717, 1.165) is 23.7 Å². The van der Waals surface area contributed by atoms with Crippen LogP contribution in [0.5, 0.6) is 0 Å². The molecule has 4 atom stereocenters. The molecule has 70 valence electrons. The van der Waals surface area contributed by atoms with Gasteiger partial charge in [-0.3, -0.25) is 0 Å². The lowest BCUT2D eigenvalue weighted by molar-refractivity contribution is 0.248. The predicted octanol–water partition coefficient (Wildman–Crippen LogP) is 3.55. The van der Waals surface area contributed by atoms with Crippen molar-refractivity contribution in [3.8, 4) is 0 Å². The molecule has 0 heterocycles. The molecule has 4 unspecified atom stereocenters. The first-order valence-electron chi connectivity index (χ1n) is 5.80. The van der Waals surface area contributed by atoms with Gasteiger partial charge in [-0.1, -0.05) is 43.6 Å². The van der Waals surface area contributed by atoms with Crippen LogP contribution in [0.4, 0.5) is 0 Å². The van der Waals surface area contributed by atoms with Crippen LogP contribution >= 0.6 is 0 Å². The van der Waals surface area contributed by atoms with Gasteiger partial charge in [0, 0.05) is 0 Å². The van der Waals surface area contributed by atoms with Crippen molar-refractivity contribution >= 4 is 0 Å². The molecule has 0 saturated heterocycles. The summed E-state index contributed by atoms with van der Waals surface area (Å²) >= 11 is 0. The van der Waals surface area contributed by atoms with Gasteiger partial charge in [-0.2, -0.15) is 0 Å². The standard InChI is InChI=1S/C13H18/c1-3-7-12-10(5-1)9-11-6-2-4-8-13(11)12/h1,3,5,7,10-13H,2,4,6,8-9H2. The van der Waals surface area contributed by atoms with Crippen molar-refractivity contribution in [2.24, 2.45) is 23.7 Å². The summed E-state index contributed by atoms with van der Waals surface area (Å²) in [7, 11) is 0. The van der Waals surface area contributed by atoms with E-state index in [4.69, 9.17) is 0 Å². The van der Waals surface area contributed by atoms with Crippen LogP contribution in [0.1, 0.15) is 32.1 Å². The first kappa shape index (κ1) is 7.84. The molecule has 3 aliphatic rings. The Hall–Kier alpha value is -0.520. The van der Waals surface area contributed by atoms with Gasteiger partial charge in [0.1, 0.15) is 0 Å². The topological polar surface area (TPSA) is 0 Å². The maximum Gasteiger partial charge on any atom is -0.0136 e. The van der Waals surface area contributed by atoms with Crippen LogP contribution in [-0.4, -0.2) is 0 Å². The molecule has 3 aliphatic carbocycles. The third kappa shape index (κ3) is 1.19. The first-order valence-corrected chi connectivity index (χ1v) is 5.80. The van der Waals surface area contributed by atoms with E-state index < -0.39 is 0 Å². The van der Waals surface area contributed by atoms with Gasteiger partial charge in [-0.05, 0) is 36.5 Å². The van der Waals surface area contributed by atoms with Crippen LogP contribution in [0.3, 0.4) is 0 Å². The zero-order chi connectivity index (χ0) is 8.67. The van der Waals surface area contributed by atoms with E-state index in [1.54, 1.807) is 0 Å². The van der Waals surface area contributed by atoms with Gasteiger partial charge in [0.25, 0.3) is 0 Å². The summed E-state index contributed by atoms with van der Waals surface area (Å²) in [4.78, 5) is 0. The second-order valence-corrected chi connectivity index (χ2v) is 4.96. The summed E-state index contributed by atoms with van der Waals surface area (Å²) in [5.74, 6) is 3.92. The second kappa shape index (κ2) is 3.01. The molecule has 0 aromatic rings. The Morgan fingerprint density at radius 3 is 2.77 bits per heavy atom. The van der Waals surface area contributed by atoms with Gasteiger partial charge in [0.15, 0.2) is 0 Å². The first-order chi connectivity index (χ1) is 6.45. The zero-order valence-electron chi connectivity index (χ0n) is 8.15. The molecule has 0 spiro atoms. The Labute approximate surface area is 80.7 Å². The van der Waals surface area contributed by atoms with Crippen LogP contribution < -0.4 is 0 Å². The quantitative estimate of drug-likeness (QED) is 0.527. The third-order valence-electron chi connectivity index (χ3n) is 4.33. The van der Waals surface area contributed by atoms with Crippen LogP contribution in [-0.2, 0) is 0 Å². The molecule has 0 nitrogen and oxygen atoms in total. The van der Waals surface area contributed by atoms with Crippen molar-refractivity contribution in [2.75, 3.05) is 0 Å². The Kier molecular flexibility index (Phi) is 1.81. The second-order valence-electron chi connectivity index (χ2n) is 4.96. The highest BCUT2D eigenvalue weighted by molar-refractivity contribution is 5.18. The molecule has 0 N–H and O–H groups in total. The molecule has 13 heavy (non-hydrogen) atoms. The number of hydrogen-bond acceptors (Lipinski definition) is 0. The van der Waals surface area contributed by atoms with Crippen LogP contribution in [0.2, 0.25) is 0 Å². The van der Waals surface area contributed by atoms with Gasteiger partial charge in [0.05, 0.1) is 0 Å². The van der Waals surface area contributed by atoms with Crippen molar-refractivity contribution in [3.63, 3.8) is 0 Å². The van der Waals surface area contributed by atoms with Gasteiger partial charge in [0.2, 0.25) is 0 Å². The van der Waals surface area contributed by atoms with Crippen molar-refractivity contribution < 1.29 is 0 Å². The molecule has 0 heteroatoms. The van der Waals surface area contributed by atoms with Crippen molar-refractivity contribution in [1.82, 2.24) is 0 Å². The maximum absolute atomic E-state index is 2.47. The Morgan fingerprint density at radius 1 is 0.923 bits per heavy atom. The van der Waals surface area contributed by atoms with E-state index in [0.29, 0.717) is 0 Å². The minimum atomic E-state index is 0.901. The third-order valence-corrected chi connectivity index (χ3v) is 4.33. The van der Waals surface area contributed by atoms with E-state index in [9.17, 15) is 0 Å². The molecule has 0 radical (unpaired) electrons. The number of rotatable bonds is 0. The summed E-state index contributed by atoms with van der Waals surface area (Å²) < 4.78 is 0. The molecule has 0 amide bonds. The van der Waals surface area contributed by atoms with Gasteiger partial charge >= 0.3 is 0 Å². The largest absolute Gasteiger partial charge is 0.0808 e. The smallest absolute Gasteiger partial charge is 0.0136 e. The number of hydrogen-bond donors (Lipinski definition) is 0. The number of allylic oxidation sites excluding steroid dienone is 4. The zero-order valence-corrected chi connectivity index (χ0v) is 8.15. The van der Waals surface area contributed by atoms with Crippen molar-refractivity contribution in [3.05, 3.63) is 24.3 Å². The number of fused-ring (bicyclic) bond motifs is 3. The summed E-state index contributed by atoms with van der Waals surface area (Å²) in [6, 6.07) is 0. The van der Waals surface area contributed by atoms with E-state index in [-0.39, 0.29) is 0 Å². The monoisotopic (exact) mass is 174 g/mol. The van der Waals surface area contributed by atoms with Crippen LogP contribution in [0.25, 0.3) is 0 Å². The fourth-order valence-corrected chi connectivity index (χ4v) is 3.75. The Balaban J connectivity index is 1.85. The molecular weight excluding hydrogens is 156 g/mol. The summed E-state index contributed by atoms with van der Waals surface area (Å²) in [5, 5.41) is 0. The minimum absolute atomic E-state index is 0.901. The Bertz CT molecular complexity index is 249. The van der Waals surface area contributed by atoms with Gasteiger partial charge in [-0.15, -0.1) is 0 Å². The van der Waals surface area contributed by atoms with E-state index >= 15 is 0 Å². The summed E-state index contributed by atoms with van der Waals surface area (Å²) in [5.41, 5.74) is 0. The normalized spacial score (nSPS) is 47.4. The van der Waals surface area contributed by atoms with Gasteiger partial charge < -0.3 is 0 Å². The van der Waals surface area contributed by atoms with E-state index in [1.165, 1.54) is 32.1 Å². The molecule has 0 aliphatic heterocycles. The molecule has 3 rings (SSSR count). The Morgan fingerprint density at radius 2 is 1.77 bits per heavy atom. The molecular formula is C13H18. The van der Waals surface area contributed by atoms with E-state index in [1.807, 2.05) is 0 Å². The molecule has 2 fully saturated rings. The fraction of sp³-hybridized carbons (Fsp3) is 0.692. The van der Waals surface area contributed by atoms with Gasteiger partial charge in [-0.25, -0.2) is 0 Å². The van der Waals surface area contributed by atoms with Crippen LogP contribution in [0, 0.1) is 23.7 Å². The average Bonchev–Trinajstić information content (AvgIpc) is 2.56. The molecule has 2 saturated carbocycles. The highest BCUT2D eigenvalue weighted by Crippen LogP contribution is 2.50. The summed E-state index contributed by atoms with van der Waals surface area (Å²) in [6.45, 7) is 0. The predicted molar refractivity (Wildman–Crippen MR) is 55.3 cm³/mol. The summed E-state index contributed by atoms with van der Waals surface area (Å²) in [6.07, 6.45) is 16.9. The lowest BCUT2D eigenvalue weighted by Crippen LogP contribution is -2.19. The SMILES string of the molecule is C1=CC2CC3CCCCC3C2C=C1. The van der Waals surface area contributed by atoms with Crippen LogP contribution in [0.15, 0.2) is 24.3 Å². The molecule has 0 aromatic carbocycles. The van der Waals surface area contributed by atoms with E-state index in [2.05, 4.69) is 24.3 Å². The molecule has 0 aromatic heterocycles. The minimum Gasteiger partial charge on any atom is -0.0808 e. The lowest BCUT2D eigenvalue weighted by Gasteiger charge is -2.28. The highest BCUT2D eigenvalue weighted by Gasteiger charge is 2.41. The van der Waals surface area contributed by atoms with Crippen molar-refractivity contribution in [1.29, 1.82) is 0 Å². The lowest BCUT2D eigenvalue weighted by atomic mass is 9.77.